The van der Waals surface area contributed by atoms with Crippen LogP contribution >= 0.6 is 0 Å². The Bertz CT molecular complexity index is 545. The molecule has 0 spiro atoms. The van der Waals surface area contributed by atoms with Crippen LogP contribution in [0.15, 0.2) is 24.3 Å². The molecule has 0 fully saturated rings. The van der Waals surface area contributed by atoms with Gasteiger partial charge in [0.1, 0.15) is 11.8 Å². The van der Waals surface area contributed by atoms with E-state index < -0.39 is 12.1 Å². The van der Waals surface area contributed by atoms with Crippen molar-refractivity contribution in [3.05, 3.63) is 29.8 Å². The van der Waals surface area contributed by atoms with E-state index in [1.807, 2.05) is 38.1 Å². The van der Waals surface area contributed by atoms with Gasteiger partial charge in [-0.05, 0) is 18.4 Å². The van der Waals surface area contributed by atoms with Crippen molar-refractivity contribution < 1.29 is 14.3 Å². The Labute approximate surface area is 130 Å². The molecule has 0 radical (unpaired) electrons. The molecule has 0 aliphatic carbocycles. The number of nitrogens with two attached hydrogens (primary N) is 1. The summed E-state index contributed by atoms with van der Waals surface area (Å²) in [6.45, 7) is 4.54. The lowest BCUT2D eigenvalue weighted by atomic mass is 9.98. The Morgan fingerprint density at radius 3 is 2.77 bits per heavy atom. The highest BCUT2D eigenvalue weighted by Crippen LogP contribution is 2.31. The maximum Gasteiger partial charge on any atom is 0.312 e. The van der Waals surface area contributed by atoms with E-state index in [2.05, 4.69) is 10.6 Å². The topological polar surface area (TPSA) is 93.5 Å². The van der Waals surface area contributed by atoms with Gasteiger partial charge in [-0.1, -0.05) is 32.0 Å². The van der Waals surface area contributed by atoms with Crippen LogP contribution in [0.25, 0.3) is 0 Å². The lowest BCUT2D eigenvalue weighted by molar-refractivity contribution is -0.124. The normalized spacial score (nSPS) is 18.0. The van der Waals surface area contributed by atoms with Gasteiger partial charge in [-0.15, -0.1) is 0 Å². The van der Waals surface area contributed by atoms with Crippen LogP contribution in [-0.2, 0) is 4.79 Å². The van der Waals surface area contributed by atoms with Gasteiger partial charge in [0.2, 0.25) is 5.91 Å². The first-order valence-electron chi connectivity index (χ1n) is 7.55. The highest BCUT2D eigenvalue weighted by molar-refractivity contribution is 5.86. The first-order chi connectivity index (χ1) is 10.5. The Balaban J connectivity index is 2.08. The van der Waals surface area contributed by atoms with E-state index in [1.165, 1.54) is 0 Å². The third-order valence-corrected chi connectivity index (χ3v) is 3.62. The summed E-state index contributed by atoms with van der Waals surface area (Å²) in [6, 6.07) is 6.24. The van der Waals surface area contributed by atoms with Gasteiger partial charge in [-0.3, -0.25) is 4.79 Å². The summed E-state index contributed by atoms with van der Waals surface area (Å²) in [6.07, 6.45) is 1.24. The third kappa shape index (κ3) is 4.13. The van der Waals surface area contributed by atoms with Crippen molar-refractivity contribution in [3.8, 4) is 5.75 Å². The van der Waals surface area contributed by atoms with E-state index in [0.717, 1.165) is 11.3 Å². The fraction of sp³-hybridized carbons (Fsp3) is 0.500. The van der Waals surface area contributed by atoms with Crippen LogP contribution < -0.4 is 21.1 Å². The van der Waals surface area contributed by atoms with E-state index in [9.17, 15) is 9.59 Å². The van der Waals surface area contributed by atoms with Gasteiger partial charge in [0, 0.05) is 12.0 Å². The third-order valence-electron chi connectivity index (χ3n) is 3.62. The summed E-state index contributed by atoms with van der Waals surface area (Å²) >= 11 is 0. The molecule has 6 nitrogen and oxygen atoms in total. The van der Waals surface area contributed by atoms with Crippen LogP contribution in [0.5, 0.6) is 5.75 Å². The fourth-order valence-electron chi connectivity index (χ4n) is 2.64. The minimum absolute atomic E-state index is 0.109. The first-order valence-corrected chi connectivity index (χ1v) is 7.55. The van der Waals surface area contributed by atoms with Gasteiger partial charge in [-0.25, -0.2) is 4.79 Å². The van der Waals surface area contributed by atoms with Crippen molar-refractivity contribution in [2.45, 2.75) is 38.8 Å². The summed E-state index contributed by atoms with van der Waals surface area (Å²) in [5.41, 5.74) is 6.13. The maximum atomic E-state index is 12.5. The van der Waals surface area contributed by atoms with Crippen molar-refractivity contribution in [2.75, 3.05) is 6.61 Å². The van der Waals surface area contributed by atoms with Crippen LogP contribution in [0.3, 0.4) is 0 Å². The number of nitrogens with one attached hydrogen (secondary N) is 2. The van der Waals surface area contributed by atoms with Crippen LogP contribution in [0.1, 0.15) is 38.3 Å². The smallest absolute Gasteiger partial charge is 0.312 e. The van der Waals surface area contributed by atoms with Gasteiger partial charge >= 0.3 is 6.03 Å². The first kappa shape index (κ1) is 16.1. The summed E-state index contributed by atoms with van der Waals surface area (Å²) in [5, 5.41) is 5.52. The van der Waals surface area contributed by atoms with E-state index in [1.54, 1.807) is 0 Å². The lowest BCUT2D eigenvalue weighted by Gasteiger charge is -2.28. The number of fused-ring (bicyclic) bond motifs is 1. The fourth-order valence-corrected chi connectivity index (χ4v) is 2.64. The van der Waals surface area contributed by atoms with E-state index >= 15 is 0 Å². The molecule has 6 heteroatoms. The monoisotopic (exact) mass is 305 g/mol. The number of benzene rings is 1. The van der Waals surface area contributed by atoms with Gasteiger partial charge < -0.3 is 21.1 Å². The highest BCUT2D eigenvalue weighted by atomic mass is 16.5. The van der Waals surface area contributed by atoms with Crippen molar-refractivity contribution in [3.63, 3.8) is 0 Å². The number of hydrogen-bond acceptors (Lipinski definition) is 3. The number of urea groups is 1. The molecule has 1 aliphatic rings. The van der Waals surface area contributed by atoms with Gasteiger partial charge in [0.15, 0.2) is 0 Å². The van der Waals surface area contributed by atoms with Gasteiger partial charge in [0.25, 0.3) is 0 Å². The lowest BCUT2D eigenvalue weighted by Crippen LogP contribution is -2.50. The van der Waals surface area contributed by atoms with E-state index in [4.69, 9.17) is 10.5 Å². The SMILES string of the molecule is CC(C)C[C@H](NC(N)=O)C(=O)N[C@@H]1CCOc2ccccc21. The number of amides is 3. The van der Waals surface area contributed by atoms with Crippen molar-refractivity contribution >= 4 is 11.9 Å². The molecule has 0 aromatic heterocycles. The predicted octanol–water partition coefficient (Wildman–Crippen LogP) is 1.71. The number of para-hydroxylation sites is 1. The van der Waals surface area contributed by atoms with Gasteiger partial charge in [0.05, 0.1) is 12.6 Å². The standard InChI is InChI=1S/C16H23N3O3/c1-10(2)9-13(19-16(17)21)15(20)18-12-7-8-22-14-6-4-3-5-11(12)14/h3-6,10,12-13H,7-9H2,1-2H3,(H,18,20)(H3,17,19,21)/t12-,13+/m1/s1. The van der Waals surface area contributed by atoms with Crippen molar-refractivity contribution in [1.82, 2.24) is 10.6 Å². The number of primary amides is 1. The van der Waals surface area contributed by atoms with Crippen LogP contribution in [0, 0.1) is 5.92 Å². The molecule has 2 rings (SSSR count). The Morgan fingerprint density at radius 1 is 1.36 bits per heavy atom. The largest absolute Gasteiger partial charge is 0.493 e. The second-order valence-corrected chi connectivity index (χ2v) is 5.93. The molecule has 1 heterocycles. The minimum Gasteiger partial charge on any atom is -0.493 e. The average Bonchev–Trinajstić information content (AvgIpc) is 2.46. The summed E-state index contributed by atoms with van der Waals surface area (Å²) < 4.78 is 5.58. The maximum absolute atomic E-state index is 12.5. The predicted molar refractivity (Wildman–Crippen MR) is 83.4 cm³/mol. The molecule has 0 saturated heterocycles. The minimum atomic E-state index is -0.687. The van der Waals surface area contributed by atoms with E-state index in [0.29, 0.717) is 19.4 Å². The molecule has 0 saturated carbocycles. The number of carbonyl (C=O) groups is 2. The zero-order chi connectivity index (χ0) is 16.1. The summed E-state index contributed by atoms with van der Waals surface area (Å²) in [5.74, 6) is 0.848. The van der Waals surface area contributed by atoms with Gasteiger partial charge in [-0.2, -0.15) is 0 Å². The average molecular weight is 305 g/mol. The molecule has 22 heavy (non-hydrogen) atoms. The van der Waals surface area contributed by atoms with Crippen LogP contribution in [-0.4, -0.2) is 24.6 Å². The zero-order valence-electron chi connectivity index (χ0n) is 13.0. The van der Waals surface area contributed by atoms with Crippen LogP contribution in [0.4, 0.5) is 4.79 Å². The summed E-state index contributed by atoms with van der Waals surface area (Å²) in [7, 11) is 0. The van der Waals surface area contributed by atoms with Crippen molar-refractivity contribution in [2.24, 2.45) is 11.7 Å². The second kappa shape index (κ2) is 7.15. The summed E-state index contributed by atoms with van der Waals surface area (Å²) in [4.78, 5) is 23.6. The Hall–Kier alpha value is -2.24. The molecule has 120 valence electrons. The second-order valence-electron chi connectivity index (χ2n) is 5.93. The van der Waals surface area contributed by atoms with E-state index in [-0.39, 0.29) is 17.9 Å². The molecule has 3 amide bonds. The number of ether oxygens (including phenoxy) is 1. The Kier molecular flexibility index (Phi) is 5.25. The number of hydrogen-bond donors (Lipinski definition) is 3. The number of carbonyl (C=O) groups excluding carboxylic acids is 2. The highest BCUT2D eigenvalue weighted by Gasteiger charge is 2.27. The molecule has 1 aliphatic heterocycles. The Morgan fingerprint density at radius 2 is 2.09 bits per heavy atom. The zero-order valence-corrected chi connectivity index (χ0v) is 13.0. The van der Waals surface area contributed by atoms with Crippen LogP contribution in [0.2, 0.25) is 0 Å². The molecular formula is C16H23N3O3. The molecule has 1 aromatic rings. The molecular weight excluding hydrogens is 282 g/mol. The molecule has 0 unspecified atom stereocenters. The molecule has 4 N–H and O–H groups in total. The quantitative estimate of drug-likeness (QED) is 0.773. The number of rotatable bonds is 5. The van der Waals surface area contributed by atoms with Crippen molar-refractivity contribution in [1.29, 1.82) is 0 Å². The molecule has 1 aromatic carbocycles. The molecule has 0 bridgehead atoms. The molecule has 2 atom stereocenters.